The van der Waals surface area contributed by atoms with Crippen LogP contribution in [-0.4, -0.2) is 16.3 Å². The molecule has 2 aromatic rings. The van der Waals surface area contributed by atoms with E-state index in [9.17, 15) is 5.11 Å². The molecule has 0 saturated heterocycles. The summed E-state index contributed by atoms with van der Waals surface area (Å²) in [5.74, 6) is 0.284. The molecule has 1 atom stereocenters. The van der Waals surface area contributed by atoms with Crippen molar-refractivity contribution in [3.63, 3.8) is 0 Å². The molecule has 0 radical (unpaired) electrons. The van der Waals surface area contributed by atoms with Crippen LogP contribution in [0.1, 0.15) is 23.6 Å². The summed E-state index contributed by atoms with van der Waals surface area (Å²) in [5, 5.41) is 9.18. The highest BCUT2D eigenvalue weighted by atomic mass is 16.3. The van der Waals surface area contributed by atoms with Crippen molar-refractivity contribution >= 4 is 0 Å². The van der Waals surface area contributed by atoms with E-state index < -0.39 is 0 Å². The summed E-state index contributed by atoms with van der Waals surface area (Å²) in [6.45, 7) is 0.213. The predicted octanol–water partition coefficient (Wildman–Crippen LogP) is 2.54. The standard InChI is InChI=1S/C14H17NO/c1-15-10-5-8-14(15)13(9-11-16)12-6-3-2-4-7-12/h2-8,10,13,16H,9,11H2,1H3/t13-/m0/s1. The molecule has 0 amide bonds. The summed E-state index contributed by atoms with van der Waals surface area (Å²) < 4.78 is 2.12. The maximum Gasteiger partial charge on any atom is 0.0440 e. The Balaban J connectivity index is 2.35. The molecule has 0 saturated carbocycles. The van der Waals surface area contributed by atoms with Gasteiger partial charge in [0.05, 0.1) is 0 Å². The van der Waals surface area contributed by atoms with Gasteiger partial charge in [0.25, 0.3) is 0 Å². The second kappa shape index (κ2) is 4.99. The molecule has 0 aliphatic rings. The lowest BCUT2D eigenvalue weighted by Crippen LogP contribution is -2.07. The molecule has 0 bridgehead atoms. The van der Waals surface area contributed by atoms with Crippen LogP contribution in [0.3, 0.4) is 0 Å². The summed E-state index contributed by atoms with van der Waals surface area (Å²) in [7, 11) is 2.04. The van der Waals surface area contributed by atoms with Crippen molar-refractivity contribution in [3.05, 3.63) is 59.9 Å². The molecule has 16 heavy (non-hydrogen) atoms. The lowest BCUT2D eigenvalue weighted by Gasteiger charge is -2.17. The van der Waals surface area contributed by atoms with Crippen molar-refractivity contribution in [2.24, 2.45) is 7.05 Å². The summed E-state index contributed by atoms with van der Waals surface area (Å²) in [6, 6.07) is 14.5. The Morgan fingerprint density at radius 1 is 1.12 bits per heavy atom. The van der Waals surface area contributed by atoms with Crippen LogP contribution in [0.4, 0.5) is 0 Å². The first-order chi connectivity index (χ1) is 7.83. The fraction of sp³-hybridized carbons (Fsp3) is 0.286. The van der Waals surface area contributed by atoms with Gasteiger partial charge < -0.3 is 9.67 Å². The van der Waals surface area contributed by atoms with E-state index in [1.807, 2.05) is 37.5 Å². The molecule has 1 N–H and O–H groups in total. The van der Waals surface area contributed by atoms with Crippen LogP contribution >= 0.6 is 0 Å². The quantitative estimate of drug-likeness (QED) is 0.833. The zero-order valence-corrected chi connectivity index (χ0v) is 9.50. The number of hydrogen-bond donors (Lipinski definition) is 1. The van der Waals surface area contributed by atoms with Crippen LogP contribution < -0.4 is 0 Å². The summed E-state index contributed by atoms with van der Waals surface area (Å²) in [6.07, 6.45) is 2.81. The molecule has 2 heteroatoms. The topological polar surface area (TPSA) is 25.2 Å². The average molecular weight is 215 g/mol. The number of benzene rings is 1. The molecule has 0 aliphatic heterocycles. The van der Waals surface area contributed by atoms with Gasteiger partial charge in [-0.3, -0.25) is 0 Å². The van der Waals surface area contributed by atoms with Crippen LogP contribution in [0.15, 0.2) is 48.7 Å². The van der Waals surface area contributed by atoms with Crippen molar-refractivity contribution in [1.82, 2.24) is 4.57 Å². The van der Waals surface area contributed by atoms with E-state index in [2.05, 4.69) is 22.8 Å². The zero-order chi connectivity index (χ0) is 11.4. The van der Waals surface area contributed by atoms with Crippen LogP contribution in [0.2, 0.25) is 0 Å². The number of aromatic nitrogens is 1. The van der Waals surface area contributed by atoms with Gasteiger partial charge in [-0.1, -0.05) is 30.3 Å². The van der Waals surface area contributed by atoms with Gasteiger partial charge in [-0.25, -0.2) is 0 Å². The maximum absolute atomic E-state index is 9.18. The lowest BCUT2D eigenvalue weighted by molar-refractivity contribution is 0.280. The van der Waals surface area contributed by atoms with E-state index in [0.29, 0.717) is 0 Å². The van der Waals surface area contributed by atoms with Gasteiger partial charge in [-0.15, -0.1) is 0 Å². The lowest BCUT2D eigenvalue weighted by atomic mass is 9.93. The van der Waals surface area contributed by atoms with Gasteiger partial charge in [0.15, 0.2) is 0 Å². The predicted molar refractivity (Wildman–Crippen MR) is 65.4 cm³/mol. The molecule has 2 nitrogen and oxygen atoms in total. The monoisotopic (exact) mass is 215 g/mol. The van der Waals surface area contributed by atoms with Crippen molar-refractivity contribution < 1.29 is 5.11 Å². The van der Waals surface area contributed by atoms with E-state index in [1.54, 1.807) is 0 Å². The molecule has 1 heterocycles. The molecular weight excluding hydrogens is 198 g/mol. The van der Waals surface area contributed by atoms with E-state index in [-0.39, 0.29) is 12.5 Å². The molecule has 1 aromatic carbocycles. The molecule has 0 spiro atoms. The Morgan fingerprint density at radius 3 is 2.44 bits per heavy atom. The van der Waals surface area contributed by atoms with Gasteiger partial charge in [0, 0.05) is 31.5 Å². The average Bonchev–Trinajstić information content (AvgIpc) is 2.73. The fourth-order valence-corrected chi connectivity index (χ4v) is 2.14. The smallest absolute Gasteiger partial charge is 0.0440 e. The Bertz CT molecular complexity index is 433. The number of aryl methyl sites for hydroxylation is 1. The van der Waals surface area contributed by atoms with Crippen molar-refractivity contribution in [3.8, 4) is 0 Å². The van der Waals surface area contributed by atoms with Crippen LogP contribution in [0, 0.1) is 0 Å². The highest BCUT2D eigenvalue weighted by molar-refractivity contribution is 5.29. The Hall–Kier alpha value is -1.54. The third-order valence-electron chi connectivity index (χ3n) is 2.96. The second-order valence-electron chi connectivity index (χ2n) is 4.02. The largest absolute Gasteiger partial charge is 0.396 e. The van der Waals surface area contributed by atoms with E-state index in [1.165, 1.54) is 11.3 Å². The molecule has 84 valence electrons. The first kappa shape index (κ1) is 11.0. The molecular formula is C14H17NO. The number of aliphatic hydroxyl groups excluding tert-OH is 1. The highest BCUT2D eigenvalue weighted by Crippen LogP contribution is 2.27. The Labute approximate surface area is 96.2 Å². The second-order valence-corrected chi connectivity index (χ2v) is 4.02. The van der Waals surface area contributed by atoms with E-state index in [4.69, 9.17) is 0 Å². The summed E-state index contributed by atoms with van der Waals surface area (Å²) in [5.41, 5.74) is 2.51. The molecule has 0 fully saturated rings. The number of hydrogen-bond acceptors (Lipinski definition) is 1. The van der Waals surface area contributed by atoms with Crippen molar-refractivity contribution in [2.75, 3.05) is 6.61 Å². The van der Waals surface area contributed by atoms with Crippen LogP contribution in [0.5, 0.6) is 0 Å². The van der Waals surface area contributed by atoms with Gasteiger partial charge in [-0.05, 0) is 24.1 Å². The maximum atomic E-state index is 9.18. The minimum Gasteiger partial charge on any atom is -0.396 e. The number of nitrogens with zero attached hydrogens (tertiary/aromatic N) is 1. The normalized spacial score (nSPS) is 12.6. The third-order valence-corrected chi connectivity index (χ3v) is 2.96. The van der Waals surface area contributed by atoms with Gasteiger partial charge in [0.1, 0.15) is 0 Å². The van der Waals surface area contributed by atoms with Crippen molar-refractivity contribution in [2.45, 2.75) is 12.3 Å². The summed E-state index contributed by atoms with van der Waals surface area (Å²) in [4.78, 5) is 0. The van der Waals surface area contributed by atoms with Gasteiger partial charge in [0.2, 0.25) is 0 Å². The number of rotatable bonds is 4. The molecule has 1 aromatic heterocycles. The third kappa shape index (κ3) is 2.17. The van der Waals surface area contributed by atoms with Crippen LogP contribution in [0.25, 0.3) is 0 Å². The van der Waals surface area contributed by atoms with E-state index in [0.717, 1.165) is 6.42 Å². The van der Waals surface area contributed by atoms with Crippen LogP contribution in [-0.2, 0) is 7.05 Å². The molecule has 0 aliphatic carbocycles. The van der Waals surface area contributed by atoms with E-state index >= 15 is 0 Å². The zero-order valence-electron chi connectivity index (χ0n) is 9.50. The molecule has 0 unspecified atom stereocenters. The van der Waals surface area contributed by atoms with Crippen molar-refractivity contribution in [1.29, 1.82) is 0 Å². The number of aliphatic hydroxyl groups is 1. The molecule has 2 rings (SSSR count). The first-order valence-corrected chi connectivity index (χ1v) is 5.60. The summed E-state index contributed by atoms with van der Waals surface area (Å²) >= 11 is 0. The minimum atomic E-state index is 0.213. The fourth-order valence-electron chi connectivity index (χ4n) is 2.14. The SMILES string of the molecule is Cn1cccc1[C@@H](CCO)c1ccccc1. The van der Waals surface area contributed by atoms with Gasteiger partial charge in [-0.2, -0.15) is 0 Å². The Morgan fingerprint density at radius 2 is 1.88 bits per heavy atom. The first-order valence-electron chi connectivity index (χ1n) is 5.60. The van der Waals surface area contributed by atoms with Gasteiger partial charge >= 0.3 is 0 Å². The Kier molecular flexibility index (Phi) is 3.42. The minimum absolute atomic E-state index is 0.213. The highest BCUT2D eigenvalue weighted by Gasteiger charge is 2.15.